The highest BCUT2D eigenvalue weighted by Gasteiger charge is 2.50. The van der Waals surface area contributed by atoms with Gasteiger partial charge in [-0.25, -0.2) is 0 Å². The highest BCUT2D eigenvalue weighted by atomic mass is 19.1. The molecule has 7 N–H and O–H groups in total. The molecule has 10 atom stereocenters. The Morgan fingerprint density at radius 2 is 1.19 bits per heavy atom. The smallest absolute Gasteiger partial charge is 0.187 e. The number of ether oxygens (including phenoxy) is 4. The third-order valence-electron chi connectivity index (χ3n) is 5.77. The van der Waals surface area contributed by atoms with Crippen LogP contribution in [0.25, 0.3) is 0 Å². The highest BCUT2D eigenvalue weighted by Crippen LogP contribution is 2.29. The predicted molar refractivity (Wildman–Crippen MR) is 106 cm³/mol. The van der Waals surface area contributed by atoms with Crippen LogP contribution in [-0.2, 0) is 18.9 Å². The fraction of sp³-hybridized carbons (Fsp3) is 1.00. The molecule has 0 bridgehead atoms. The van der Waals surface area contributed by atoms with E-state index in [1.807, 2.05) is 0 Å². The van der Waals surface area contributed by atoms with Gasteiger partial charge < -0.3 is 54.7 Å². The third kappa shape index (κ3) is 7.24. The van der Waals surface area contributed by atoms with E-state index in [2.05, 4.69) is 0 Å². The summed E-state index contributed by atoms with van der Waals surface area (Å²) >= 11 is 0. The SMILES string of the molecule is OC[C@H]1O[C@H](O[C@H]2[C@H](O)[C@@H](O)[C@@H](OCCCCCCCCF)O[C@@H]2CO)[C@H](O)[C@@H](O)[C@@H]1O. The Kier molecular flexibility index (Phi) is 12.1. The molecule has 11 nitrogen and oxygen atoms in total. The highest BCUT2D eigenvalue weighted by molar-refractivity contribution is 4.94. The van der Waals surface area contributed by atoms with Gasteiger partial charge in [-0.05, 0) is 12.8 Å². The molecule has 0 spiro atoms. The van der Waals surface area contributed by atoms with Gasteiger partial charge in [0.15, 0.2) is 12.6 Å². The van der Waals surface area contributed by atoms with E-state index in [9.17, 15) is 40.1 Å². The summed E-state index contributed by atoms with van der Waals surface area (Å²) in [4.78, 5) is 0. The zero-order chi connectivity index (χ0) is 23.7. The molecule has 2 aliphatic heterocycles. The van der Waals surface area contributed by atoms with Crippen molar-refractivity contribution >= 4 is 0 Å². The standard InChI is InChI=1S/C20H37FO11/c21-7-5-3-1-2-4-6-8-29-19-17(28)15(26)18(12(10-23)31-19)32-20-16(27)14(25)13(24)11(9-22)30-20/h11-20,22-28H,1-10H2/t11-,12-,13-,14+,15-,16-,17-,18-,19+,20-/m1/s1. The van der Waals surface area contributed by atoms with Crippen molar-refractivity contribution < 1.29 is 59.1 Å². The molecule has 0 unspecified atom stereocenters. The number of halogens is 1. The van der Waals surface area contributed by atoms with Crippen LogP contribution in [-0.4, -0.2) is 124 Å². The maximum absolute atomic E-state index is 12.0. The molecule has 2 fully saturated rings. The van der Waals surface area contributed by atoms with E-state index in [0.717, 1.165) is 25.7 Å². The summed E-state index contributed by atoms with van der Waals surface area (Å²) in [6.07, 6.45) is -9.82. The summed E-state index contributed by atoms with van der Waals surface area (Å²) in [5.41, 5.74) is 0. The number of aliphatic hydroxyl groups excluding tert-OH is 7. The van der Waals surface area contributed by atoms with Crippen LogP contribution in [0.1, 0.15) is 38.5 Å². The molecule has 0 aromatic heterocycles. The summed E-state index contributed by atoms with van der Waals surface area (Å²) < 4.78 is 33.8. The Morgan fingerprint density at radius 1 is 0.625 bits per heavy atom. The van der Waals surface area contributed by atoms with E-state index in [-0.39, 0.29) is 13.3 Å². The summed E-state index contributed by atoms with van der Waals surface area (Å²) in [5.74, 6) is 0. The molecular formula is C20H37FO11. The van der Waals surface area contributed by atoms with Crippen molar-refractivity contribution in [2.24, 2.45) is 0 Å². The van der Waals surface area contributed by atoms with E-state index in [0.29, 0.717) is 12.8 Å². The number of hydrogen-bond donors (Lipinski definition) is 7. The first kappa shape index (κ1) is 27.7. The van der Waals surface area contributed by atoms with Gasteiger partial charge in [0.25, 0.3) is 0 Å². The molecule has 0 aliphatic carbocycles. The van der Waals surface area contributed by atoms with Gasteiger partial charge >= 0.3 is 0 Å². The summed E-state index contributed by atoms with van der Waals surface area (Å²) in [6, 6.07) is 0. The van der Waals surface area contributed by atoms with Crippen molar-refractivity contribution in [1.82, 2.24) is 0 Å². The topological polar surface area (TPSA) is 179 Å². The summed E-state index contributed by atoms with van der Waals surface area (Å²) in [5, 5.41) is 69.7. The van der Waals surface area contributed by atoms with E-state index in [4.69, 9.17) is 18.9 Å². The number of aliphatic hydroxyl groups is 7. The Balaban J connectivity index is 1.86. The van der Waals surface area contributed by atoms with E-state index in [1.165, 1.54) is 0 Å². The maximum atomic E-state index is 12.0. The normalized spacial score (nSPS) is 40.5. The second kappa shape index (κ2) is 14.0. The average molecular weight is 473 g/mol. The van der Waals surface area contributed by atoms with Crippen molar-refractivity contribution in [3.63, 3.8) is 0 Å². The first-order valence-electron chi connectivity index (χ1n) is 11.1. The molecule has 0 saturated carbocycles. The molecule has 32 heavy (non-hydrogen) atoms. The third-order valence-corrected chi connectivity index (χ3v) is 5.77. The molecule has 190 valence electrons. The monoisotopic (exact) mass is 472 g/mol. The molecule has 0 radical (unpaired) electrons. The van der Waals surface area contributed by atoms with Gasteiger partial charge in [-0.1, -0.05) is 25.7 Å². The second-order valence-electron chi connectivity index (χ2n) is 8.19. The lowest BCUT2D eigenvalue weighted by Crippen LogP contribution is -2.64. The van der Waals surface area contributed by atoms with Crippen LogP contribution in [0.15, 0.2) is 0 Å². The van der Waals surface area contributed by atoms with Crippen LogP contribution in [0.4, 0.5) is 4.39 Å². The van der Waals surface area contributed by atoms with Crippen LogP contribution in [0.3, 0.4) is 0 Å². The van der Waals surface area contributed by atoms with Crippen molar-refractivity contribution in [1.29, 1.82) is 0 Å². The lowest BCUT2D eigenvalue weighted by atomic mass is 9.97. The quantitative estimate of drug-likeness (QED) is 0.147. The molecule has 2 rings (SSSR count). The van der Waals surface area contributed by atoms with Gasteiger partial charge in [-0.15, -0.1) is 0 Å². The lowest BCUT2D eigenvalue weighted by Gasteiger charge is -2.45. The van der Waals surface area contributed by atoms with Gasteiger partial charge in [0.2, 0.25) is 0 Å². The van der Waals surface area contributed by atoms with Crippen molar-refractivity contribution in [3.05, 3.63) is 0 Å². The van der Waals surface area contributed by atoms with Crippen LogP contribution in [0.5, 0.6) is 0 Å². The fourth-order valence-electron chi connectivity index (χ4n) is 3.80. The zero-order valence-electron chi connectivity index (χ0n) is 18.0. The Labute approximate surface area is 186 Å². The minimum absolute atomic E-state index is 0.244. The molecule has 12 heteroatoms. The summed E-state index contributed by atoms with van der Waals surface area (Å²) in [6.45, 7) is -1.34. The van der Waals surface area contributed by atoms with Gasteiger partial charge in [0.05, 0.1) is 19.9 Å². The lowest BCUT2D eigenvalue weighted by molar-refractivity contribution is -0.359. The van der Waals surface area contributed by atoms with Crippen molar-refractivity contribution in [2.75, 3.05) is 26.5 Å². The number of unbranched alkanes of at least 4 members (excludes halogenated alkanes) is 5. The van der Waals surface area contributed by atoms with E-state index >= 15 is 0 Å². The number of alkyl halides is 1. The van der Waals surface area contributed by atoms with Crippen LogP contribution < -0.4 is 0 Å². The van der Waals surface area contributed by atoms with Crippen LogP contribution in [0, 0.1) is 0 Å². The molecule has 2 saturated heterocycles. The Bertz CT molecular complexity index is 512. The first-order chi connectivity index (χ1) is 15.3. The van der Waals surface area contributed by atoms with E-state index < -0.39 is 74.6 Å². The molecule has 2 heterocycles. The predicted octanol–water partition coefficient (Wildman–Crippen LogP) is -2.06. The van der Waals surface area contributed by atoms with E-state index in [1.54, 1.807) is 0 Å². The minimum atomic E-state index is -1.71. The maximum Gasteiger partial charge on any atom is 0.187 e. The molecule has 0 aromatic rings. The van der Waals surface area contributed by atoms with Crippen molar-refractivity contribution in [2.45, 2.75) is 99.9 Å². The van der Waals surface area contributed by atoms with Crippen LogP contribution in [0.2, 0.25) is 0 Å². The average Bonchev–Trinajstić information content (AvgIpc) is 2.79. The Morgan fingerprint density at radius 3 is 1.81 bits per heavy atom. The van der Waals surface area contributed by atoms with Gasteiger partial charge in [0.1, 0.15) is 48.8 Å². The second-order valence-corrected chi connectivity index (χ2v) is 8.19. The molecular weight excluding hydrogens is 435 g/mol. The molecule has 0 amide bonds. The zero-order valence-corrected chi connectivity index (χ0v) is 18.0. The summed E-state index contributed by atoms with van der Waals surface area (Å²) in [7, 11) is 0. The minimum Gasteiger partial charge on any atom is -0.394 e. The Hall–Kier alpha value is -0.510. The largest absolute Gasteiger partial charge is 0.394 e. The fourth-order valence-corrected chi connectivity index (χ4v) is 3.80. The number of hydrogen-bond acceptors (Lipinski definition) is 11. The molecule has 2 aliphatic rings. The first-order valence-corrected chi connectivity index (χ1v) is 11.1. The van der Waals surface area contributed by atoms with Crippen LogP contribution >= 0.6 is 0 Å². The van der Waals surface area contributed by atoms with Gasteiger partial charge in [-0.3, -0.25) is 4.39 Å². The van der Waals surface area contributed by atoms with Crippen molar-refractivity contribution in [3.8, 4) is 0 Å². The van der Waals surface area contributed by atoms with Gasteiger partial charge in [0, 0.05) is 6.61 Å². The molecule has 0 aromatic carbocycles. The van der Waals surface area contributed by atoms with Gasteiger partial charge in [-0.2, -0.15) is 0 Å². The number of rotatable bonds is 13.